The third kappa shape index (κ3) is 1.47. The quantitative estimate of drug-likeness (QED) is 0.686. The second kappa shape index (κ2) is 3.76. The Morgan fingerprint density at radius 3 is 2.43 bits per heavy atom. The molecule has 1 fully saturated rings. The van der Waals surface area contributed by atoms with Crippen LogP contribution >= 0.6 is 0 Å². The number of aliphatic carboxylic acids is 1. The van der Waals surface area contributed by atoms with Gasteiger partial charge >= 0.3 is 5.97 Å². The van der Waals surface area contributed by atoms with E-state index in [1.165, 1.54) is 18.4 Å². The summed E-state index contributed by atoms with van der Waals surface area (Å²) in [6, 6.07) is 0. The van der Waals surface area contributed by atoms with E-state index in [1.54, 1.807) is 0 Å². The molecule has 0 atom stereocenters. The first-order chi connectivity index (χ1) is 6.76. The molecule has 0 amide bonds. The van der Waals surface area contributed by atoms with Crippen LogP contribution in [0.25, 0.3) is 0 Å². The number of carboxylic acid groups (broad SMARTS) is 1. The van der Waals surface area contributed by atoms with Crippen molar-refractivity contribution in [1.29, 1.82) is 0 Å². The zero-order valence-electron chi connectivity index (χ0n) is 8.59. The normalized spacial score (nSPS) is 25.9. The number of hydrogen-bond donors (Lipinski definition) is 1. The summed E-state index contributed by atoms with van der Waals surface area (Å²) in [7, 11) is 0. The van der Waals surface area contributed by atoms with E-state index in [-0.39, 0.29) is 0 Å². The van der Waals surface area contributed by atoms with Crippen LogP contribution in [-0.4, -0.2) is 11.1 Å². The number of allylic oxidation sites excluding steroid dienone is 1. The molecule has 2 aliphatic rings. The van der Waals surface area contributed by atoms with Gasteiger partial charge in [0, 0.05) is 0 Å². The zero-order chi connectivity index (χ0) is 10.0. The van der Waals surface area contributed by atoms with Gasteiger partial charge in [0.25, 0.3) is 0 Å². The molecule has 0 aromatic carbocycles. The Balaban J connectivity index is 2.25. The first-order valence-electron chi connectivity index (χ1n) is 5.69. The van der Waals surface area contributed by atoms with E-state index in [0.717, 1.165) is 38.5 Å². The Labute approximate surface area is 85.0 Å². The van der Waals surface area contributed by atoms with Crippen molar-refractivity contribution >= 4 is 5.97 Å². The first kappa shape index (κ1) is 9.75. The summed E-state index contributed by atoms with van der Waals surface area (Å²) in [5.41, 5.74) is 0.772. The molecule has 2 heteroatoms. The number of carboxylic acids is 1. The van der Waals surface area contributed by atoms with Crippen LogP contribution in [0.3, 0.4) is 0 Å². The number of rotatable bonds is 2. The smallest absolute Gasteiger partial charge is 0.313 e. The lowest BCUT2D eigenvalue weighted by Gasteiger charge is -2.29. The van der Waals surface area contributed by atoms with E-state index < -0.39 is 11.4 Å². The van der Waals surface area contributed by atoms with E-state index in [4.69, 9.17) is 0 Å². The molecule has 0 aliphatic heterocycles. The molecule has 0 bridgehead atoms. The molecule has 0 heterocycles. The van der Waals surface area contributed by atoms with Gasteiger partial charge in [-0.25, -0.2) is 0 Å². The topological polar surface area (TPSA) is 37.3 Å². The second-order valence-corrected chi connectivity index (χ2v) is 4.57. The van der Waals surface area contributed by atoms with Crippen LogP contribution < -0.4 is 0 Å². The SMILES string of the molecule is O=C(O)C1(C2=CCCCC2)CCCC1. The van der Waals surface area contributed by atoms with Crippen LogP contribution in [0, 0.1) is 5.41 Å². The van der Waals surface area contributed by atoms with Crippen LogP contribution in [-0.2, 0) is 4.79 Å². The Morgan fingerprint density at radius 2 is 1.93 bits per heavy atom. The van der Waals surface area contributed by atoms with Gasteiger partial charge in [0.1, 0.15) is 0 Å². The van der Waals surface area contributed by atoms with E-state index in [2.05, 4.69) is 6.08 Å². The maximum atomic E-state index is 11.4. The summed E-state index contributed by atoms with van der Waals surface area (Å²) in [6.07, 6.45) is 10.6. The largest absolute Gasteiger partial charge is 0.481 e. The molecule has 0 saturated heterocycles. The van der Waals surface area contributed by atoms with E-state index in [1.807, 2.05) is 0 Å². The molecule has 14 heavy (non-hydrogen) atoms. The highest BCUT2D eigenvalue weighted by Crippen LogP contribution is 2.47. The Kier molecular flexibility index (Phi) is 2.62. The summed E-state index contributed by atoms with van der Waals surface area (Å²) in [4.78, 5) is 11.4. The molecule has 0 unspecified atom stereocenters. The van der Waals surface area contributed by atoms with Crippen LogP contribution in [0.15, 0.2) is 11.6 Å². The fourth-order valence-corrected chi connectivity index (χ4v) is 2.92. The van der Waals surface area contributed by atoms with Crippen molar-refractivity contribution in [2.75, 3.05) is 0 Å². The van der Waals surface area contributed by atoms with E-state index in [9.17, 15) is 9.90 Å². The predicted octanol–water partition coefficient (Wildman–Crippen LogP) is 3.13. The average molecular weight is 194 g/mol. The summed E-state index contributed by atoms with van der Waals surface area (Å²) < 4.78 is 0. The molecule has 2 rings (SSSR count). The molecule has 0 spiro atoms. The fourth-order valence-electron chi connectivity index (χ4n) is 2.92. The van der Waals surface area contributed by atoms with E-state index >= 15 is 0 Å². The van der Waals surface area contributed by atoms with Crippen LogP contribution in [0.4, 0.5) is 0 Å². The molecule has 78 valence electrons. The molecule has 2 aliphatic carbocycles. The Morgan fingerprint density at radius 1 is 1.21 bits per heavy atom. The highest BCUT2D eigenvalue weighted by atomic mass is 16.4. The fraction of sp³-hybridized carbons (Fsp3) is 0.750. The Hall–Kier alpha value is -0.790. The lowest BCUT2D eigenvalue weighted by Crippen LogP contribution is -2.30. The number of hydrogen-bond acceptors (Lipinski definition) is 1. The minimum atomic E-state index is -0.580. The molecule has 0 aromatic rings. The lowest BCUT2D eigenvalue weighted by atomic mass is 9.74. The third-order valence-electron chi connectivity index (χ3n) is 3.77. The van der Waals surface area contributed by atoms with Gasteiger partial charge in [-0.3, -0.25) is 4.79 Å². The molecular formula is C12H18O2. The summed E-state index contributed by atoms with van der Waals surface area (Å²) in [6.45, 7) is 0. The molecule has 1 N–H and O–H groups in total. The highest BCUT2D eigenvalue weighted by Gasteiger charge is 2.44. The van der Waals surface area contributed by atoms with Gasteiger partial charge in [0.05, 0.1) is 5.41 Å². The van der Waals surface area contributed by atoms with Gasteiger partial charge in [0.15, 0.2) is 0 Å². The third-order valence-corrected chi connectivity index (χ3v) is 3.77. The summed E-state index contributed by atoms with van der Waals surface area (Å²) in [5.74, 6) is -0.580. The van der Waals surface area contributed by atoms with Crippen molar-refractivity contribution in [2.45, 2.75) is 51.4 Å². The number of carbonyl (C=O) groups is 1. The van der Waals surface area contributed by atoms with Gasteiger partial charge in [-0.15, -0.1) is 0 Å². The van der Waals surface area contributed by atoms with Crippen LogP contribution in [0.2, 0.25) is 0 Å². The second-order valence-electron chi connectivity index (χ2n) is 4.57. The van der Waals surface area contributed by atoms with Crippen molar-refractivity contribution in [3.05, 3.63) is 11.6 Å². The molecule has 1 saturated carbocycles. The van der Waals surface area contributed by atoms with Crippen molar-refractivity contribution < 1.29 is 9.90 Å². The van der Waals surface area contributed by atoms with E-state index in [0.29, 0.717) is 0 Å². The summed E-state index contributed by atoms with van der Waals surface area (Å²) in [5, 5.41) is 9.38. The van der Waals surface area contributed by atoms with Gasteiger partial charge in [-0.1, -0.05) is 24.5 Å². The van der Waals surface area contributed by atoms with Crippen LogP contribution in [0.1, 0.15) is 51.4 Å². The first-order valence-corrected chi connectivity index (χ1v) is 5.69. The van der Waals surface area contributed by atoms with Crippen molar-refractivity contribution in [3.8, 4) is 0 Å². The van der Waals surface area contributed by atoms with Gasteiger partial charge in [0.2, 0.25) is 0 Å². The van der Waals surface area contributed by atoms with Gasteiger partial charge in [-0.05, 0) is 38.5 Å². The highest BCUT2D eigenvalue weighted by molar-refractivity contribution is 5.79. The monoisotopic (exact) mass is 194 g/mol. The van der Waals surface area contributed by atoms with Gasteiger partial charge < -0.3 is 5.11 Å². The molecule has 2 nitrogen and oxygen atoms in total. The zero-order valence-corrected chi connectivity index (χ0v) is 8.59. The molecular weight excluding hydrogens is 176 g/mol. The van der Waals surface area contributed by atoms with Crippen molar-refractivity contribution in [2.24, 2.45) is 5.41 Å². The molecule has 0 aromatic heterocycles. The molecule has 0 radical (unpaired) electrons. The van der Waals surface area contributed by atoms with Gasteiger partial charge in [-0.2, -0.15) is 0 Å². The Bertz CT molecular complexity index is 259. The standard InChI is InChI=1S/C12H18O2/c13-11(14)12(8-4-5-9-12)10-6-2-1-3-7-10/h6H,1-5,7-9H2,(H,13,14). The lowest BCUT2D eigenvalue weighted by molar-refractivity contribution is -0.146. The van der Waals surface area contributed by atoms with Crippen LogP contribution in [0.5, 0.6) is 0 Å². The summed E-state index contributed by atoms with van der Waals surface area (Å²) >= 11 is 0. The minimum Gasteiger partial charge on any atom is -0.481 e. The maximum Gasteiger partial charge on any atom is 0.313 e. The predicted molar refractivity (Wildman–Crippen MR) is 55.1 cm³/mol. The van der Waals surface area contributed by atoms with Crippen molar-refractivity contribution in [3.63, 3.8) is 0 Å². The maximum absolute atomic E-state index is 11.4. The average Bonchev–Trinajstić information content (AvgIpc) is 2.69. The van der Waals surface area contributed by atoms with Crippen molar-refractivity contribution in [1.82, 2.24) is 0 Å². The minimum absolute atomic E-state index is 0.458.